The minimum atomic E-state index is -0.536. The van der Waals surface area contributed by atoms with E-state index >= 15 is 0 Å². The van der Waals surface area contributed by atoms with Crippen molar-refractivity contribution < 1.29 is 9.13 Å². The van der Waals surface area contributed by atoms with Crippen LogP contribution in [0, 0.1) is 6.36 Å². The summed E-state index contributed by atoms with van der Waals surface area (Å²) in [5.74, 6) is 0.530. The minimum Gasteiger partial charge on any atom is -0.452 e. The van der Waals surface area contributed by atoms with E-state index in [0.717, 1.165) is 0 Å². The maximum Gasteiger partial charge on any atom is 0.314 e. The molecule has 1 rings (SSSR count). The molecule has 0 bridgehead atoms. The Morgan fingerprint density at radius 1 is 1.30 bits per heavy atom. The molecule has 0 heterocycles. The second-order valence-electron chi connectivity index (χ2n) is 1.89. The molecule has 0 aliphatic heterocycles. The Bertz CT molecular complexity index is 184. The van der Waals surface area contributed by atoms with Gasteiger partial charge in [-0.25, -0.2) is 0 Å². The normalized spacial score (nSPS) is 9.90. The van der Waals surface area contributed by atoms with Crippen molar-refractivity contribution in [3.63, 3.8) is 0 Å². The lowest BCUT2D eigenvalue weighted by Gasteiger charge is -2.02. The molecule has 1 nitrogen and oxygen atoms in total. The highest BCUT2D eigenvalue weighted by molar-refractivity contribution is 5.21. The lowest BCUT2D eigenvalue weighted by molar-refractivity contribution is 0.204. The predicted molar refractivity (Wildman–Crippen MR) is 37.1 cm³/mol. The van der Waals surface area contributed by atoms with Gasteiger partial charge in [-0.05, 0) is 12.1 Å². The van der Waals surface area contributed by atoms with Gasteiger partial charge < -0.3 is 4.74 Å². The van der Waals surface area contributed by atoms with Crippen molar-refractivity contribution in [2.75, 3.05) is 0 Å². The first kappa shape index (κ1) is 7.06. The average Bonchev–Trinajstić information content (AvgIpc) is 1.88. The van der Waals surface area contributed by atoms with E-state index in [1.165, 1.54) is 6.92 Å². The zero-order chi connectivity index (χ0) is 7.40. The van der Waals surface area contributed by atoms with Crippen LogP contribution in [0.2, 0.25) is 0 Å². The van der Waals surface area contributed by atoms with E-state index in [-0.39, 0.29) is 0 Å². The maximum absolute atomic E-state index is 12.1. The second kappa shape index (κ2) is 3.20. The van der Waals surface area contributed by atoms with Crippen molar-refractivity contribution in [2.45, 2.75) is 6.92 Å². The predicted octanol–water partition coefficient (Wildman–Crippen LogP) is 2.54. The van der Waals surface area contributed by atoms with Crippen molar-refractivity contribution in [1.29, 1.82) is 0 Å². The van der Waals surface area contributed by atoms with Crippen LogP contribution in [0.15, 0.2) is 30.3 Å². The molecule has 1 aromatic carbocycles. The van der Waals surface area contributed by atoms with Gasteiger partial charge in [-0.2, -0.15) is 4.39 Å². The van der Waals surface area contributed by atoms with Crippen molar-refractivity contribution in [1.82, 2.24) is 0 Å². The van der Waals surface area contributed by atoms with Crippen LogP contribution in [0.1, 0.15) is 6.92 Å². The maximum atomic E-state index is 12.1. The third-order valence-corrected chi connectivity index (χ3v) is 1.00. The summed E-state index contributed by atoms with van der Waals surface area (Å²) >= 11 is 0. The van der Waals surface area contributed by atoms with Gasteiger partial charge in [0.2, 0.25) is 0 Å². The molecule has 0 atom stereocenters. The zero-order valence-corrected chi connectivity index (χ0v) is 5.67. The molecule has 2 heteroatoms. The summed E-state index contributed by atoms with van der Waals surface area (Å²) in [6.45, 7) is 1.27. The van der Waals surface area contributed by atoms with Crippen LogP contribution >= 0.6 is 0 Å². The molecule has 0 unspecified atom stereocenters. The molecule has 53 valence electrons. The molecule has 0 saturated heterocycles. The number of ether oxygens (including phenoxy) is 1. The van der Waals surface area contributed by atoms with Gasteiger partial charge in [0.1, 0.15) is 5.75 Å². The Labute approximate surface area is 59.4 Å². The molecule has 10 heavy (non-hydrogen) atoms. The van der Waals surface area contributed by atoms with E-state index in [4.69, 9.17) is 0 Å². The summed E-state index contributed by atoms with van der Waals surface area (Å²) in [5.41, 5.74) is 0. The van der Waals surface area contributed by atoms with Gasteiger partial charge in [-0.1, -0.05) is 18.2 Å². The lowest BCUT2D eigenvalue weighted by atomic mass is 10.3. The number of halogens is 1. The van der Waals surface area contributed by atoms with Gasteiger partial charge in [0.25, 0.3) is 0 Å². The Balaban J connectivity index is 2.59. The summed E-state index contributed by atoms with van der Waals surface area (Å²) in [6, 6.07) is 8.82. The first-order valence-electron chi connectivity index (χ1n) is 3.01. The molecular formula is C8H8FO. The van der Waals surface area contributed by atoms with Crippen molar-refractivity contribution in [3.8, 4) is 5.75 Å². The molecular weight excluding hydrogens is 131 g/mol. The van der Waals surface area contributed by atoms with E-state index in [1.54, 1.807) is 24.3 Å². The van der Waals surface area contributed by atoms with Crippen LogP contribution in [0.3, 0.4) is 0 Å². The van der Waals surface area contributed by atoms with Gasteiger partial charge >= 0.3 is 6.36 Å². The Morgan fingerprint density at radius 3 is 2.40 bits per heavy atom. The van der Waals surface area contributed by atoms with E-state index in [0.29, 0.717) is 5.75 Å². The average molecular weight is 139 g/mol. The summed E-state index contributed by atoms with van der Waals surface area (Å²) in [7, 11) is 0. The van der Waals surface area contributed by atoms with Crippen LogP contribution in [-0.4, -0.2) is 0 Å². The third kappa shape index (κ3) is 2.05. The van der Waals surface area contributed by atoms with Crippen molar-refractivity contribution in [2.24, 2.45) is 0 Å². The molecule has 1 aromatic rings. The number of rotatable bonds is 2. The van der Waals surface area contributed by atoms with Crippen LogP contribution in [-0.2, 0) is 0 Å². The molecule has 1 radical (unpaired) electrons. The van der Waals surface area contributed by atoms with E-state index in [1.807, 2.05) is 6.07 Å². The van der Waals surface area contributed by atoms with Crippen LogP contribution in [0.5, 0.6) is 5.75 Å². The molecule has 0 fully saturated rings. The van der Waals surface area contributed by atoms with Gasteiger partial charge in [0, 0.05) is 6.92 Å². The fourth-order valence-corrected chi connectivity index (χ4v) is 0.651. The summed E-state index contributed by atoms with van der Waals surface area (Å²) in [4.78, 5) is 0. The quantitative estimate of drug-likeness (QED) is 0.611. The monoisotopic (exact) mass is 139 g/mol. The summed E-state index contributed by atoms with van der Waals surface area (Å²) in [6.07, 6.45) is -0.536. The second-order valence-corrected chi connectivity index (χ2v) is 1.89. The highest BCUT2D eigenvalue weighted by atomic mass is 19.1. The van der Waals surface area contributed by atoms with E-state index < -0.39 is 6.36 Å². The first-order chi connectivity index (χ1) is 4.79. The SMILES string of the molecule is C[C](F)Oc1ccccc1. The largest absolute Gasteiger partial charge is 0.452 e. The molecule has 0 saturated carbocycles. The standard InChI is InChI=1S/C8H8FO/c1-7(9)10-8-5-3-2-4-6-8/h2-6H,1H3. The van der Waals surface area contributed by atoms with E-state index in [9.17, 15) is 4.39 Å². The summed E-state index contributed by atoms with van der Waals surface area (Å²) in [5, 5.41) is 0. The number of hydrogen-bond donors (Lipinski definition) is 0. The van der Waals surface area contributed by atoms with Gasteiger partial charge in [0.15, 0.2) is 0 Å². The lowest BCUT2D eigenvalue weighted by Crippen LogP contribution is -1.93. The van der Waals surface area contributed by atoms with E-state index in [2.05, 4.69) is 4.74 Å². The zero-order valence-electron chi connectivity index (χ0n) is 5.67. The number of para-hydroxylation sites is 1. The third-order valence-electron chi connectivity index (χ3n) is 1.00. The highest BCUT2D eigenvalue weighted by Crippen LogP contribution is 2.13. The van der Waals surface area contributed by atoms with Gasteiger partial charge in [0.05, 0.1) is 0 Å². The Morgan fingerprint density at radius 2 is 1.90 bits per heavy atom. The van der Waals surface area contributed by atoms with Crippen molar-refractivity contribution in [3.05, 3.63) is 36.7 Å². The molecule has 0 N–H and O–H groups in total. The highest BCUT2D eigenvalue weighted by Gasteiger charge is 1.99. The number of benzene rings is 1. The molecule has 0 aliphatic carbocycles. The first-order valence-corrected chi connectivity index (χ1v) is 3.01. The van der Waals surface area contributed by atoms with Crippen LogP contribution in [0.4, 0.5) is 4.39 Å². The van der Waals surface area contributed by atoms with Crippen LogP contribution in [0.25, 0.3) is 0 Å². The summed E-state index contributed by atoms with van der Waals surface area (Å²) < 4.78 is 16.7. The van der Waals surface area contributed by atoms with Crippen LogP contribution < -0.4 is 4.74 Å². The Hall–Kier alpha value is -1.05. The molecule has 0 amide bonds. The molecule has 0 spiro atoms. The molecule has 0 aromatic heterocycles. The Kier molecular flexibility index (Phi) is 2.26. The van der Waals surface area contributed by atoms with Crippen molar-refractivity contribution >= 4 is 0 Å². The van der Waals surface area contributed by atoms with Gasteiger partial charge in [-0.15, -0.1) is 0 Å². The fourth-order valence-electron chi connectivity index (χ4n) is 0.651. The topological polar surface area (TPSA) is 9.23 Å². The smallest absolute Gasteiger partial charge is 0.314 e. The molecule has 0 aliphatic rings. The minimum absolute atomic E-state index is 0.530. The number of hydrogen-bond acceptors (Lipinski definition) is 1. The fraction of sp³-hybridized carbons (Fsp3) is 0.125. The van der Waals surface area contributed by atoms with Gasteiger partial charge in [-0.3, -0.25) is 0 Å².